The van der Waals surface area contributed by atoms with Crippen molar-refractivity contribution in [3.05, 3.63) is 75.4 Å². The van der Waals surface area contributed by atoms with Crippen molar-refractivity contribution in [2.45, 2.75) is 86.1 Å². The number of hydrogen-bond donors (Lipinski definition) is 0. The second-order valence-electron chi connectivity index (χ2n) is 9.84. The Morgan fingerprint density at radius 1 is 0.970 bits per heavy atom. The molecule has 2 heteroatoms. The van der Waals surface area contributed by atoms with Crippen LogP contribution in [0.4, 0.5) is 0 Å². The van der Waals surface area contributed by atoms with E-state index in [-0.39, 0.29) is 5.78 Å². The van der Waals surface area contributed by atoms with Gasteiger partial charge in [-0.3, -0.25) is 9.69 Å². The predicted octanol–water partition coefficient (Wildman–Crippen LogP) is 7.80. The molecule has 2 aliphatic rings. The molecule has 1 fully saturated rings. The largest absolute Gasteiger partial charge is 0.297 e. The molecule has 0 bridgehead atoms. The molecule has 1 unspecified atom stereocenters. The van der Waals surface area contributed by atoms with Gasteiger partial charge in [0.15, 0.2) is 5.78 Å². The van der Waals surface area contributed by atoms with E-state index in [4.69, 9.17) is 0 Å². The summed E-state index contributed by atoms with van der Waals surface area (Å²) in [5.41, 5.74) is 8.28. The van der Waals surface area contributed by atoms with Crippen LogP contribution in [0.15, 0.2) is 58.7 Å². The van der Waals surface area contributed by atoms with E-state index in [0.717, 1.165) is 37.1 Å². The maximum atomic E-state index is 13.2. The van der Waals surface area contributed by atoms with Crippen molar-refractivity contribution < 1.29 is 4.79 Å². The first-order valence-corrected chi connectivity index (χ1v) is 13.0. The predicted molar refractivity (Wildman–Crippen MR) is 143 cm³/mol. The van der Waals surface area contributed by atoms with Crippen LogP contribution in [0.5, 0.6) is 0 Å². The lowest BCUT2D eigenvalue weighted by Crippen LogP contribution is -2.39. The Kier molecular flexibility index (Phi) is 8.70. The quantitative estimate of drug-likeness (QED) is 0.380. The number of likely N-dealkylation sites (N-methyl/N-ethyl adjacent to an activating group) is 1. The number of benzene rings is 1. The van der Waals surface area contributed by atoms with Crippen molar-refractivity contribution in [2.24, 2.45) is 5.92 Å². The first-order chi connectivity index (χ1) is 15.8. The third-order valence-corrected chi connectivity index (χ3v) is 7.75. The van der Waals surface area contributed by atoms with Crippen molar-refractivity contribution in [1.29, 1.82) is 0 Å². The summed E-state index contributed by atoms with van der Waals surface area (Å²) in [6, 6.07) is 7.22. The topological polar surface area (TPSA) is 20.3 Å². The highest BCUT2D eigenvalue weighted by atomic mass is 16.1. The Morgan fingerprint density at radius 2 is 1.61 bits per heavy atom. The molecule has 178 valence electrons. The fourth-order valence-electron chi connectivity index (χ4n) is 5.49. The standard InChI is InChI=1S/C31H43NO/c1-8-24(9-2)26-13-12-25(21(5)16-26)19-27-14-15-28(31(27)33)20-29-17-23(7)30(18-22(29)6)32(10-3)11-4/h12-13,16-20,23-24,30H,8-11,14-15H2,1-7H3/b27-19+,28-20+/t23?,30-/m1/s1. The Bertz CT molecular complexity index is 982. The number of nitrogens with zero attached hydrogens (tertiary/aromatic N) is 1. The monoisotopic (exact) mass is 445 g/mol. The van der Waals surface area contributed by atoms with E-state index < -0.39 is 0 Å². The maximum Gasteiger partial charge on any atom is 0.185 e. The number of ketones is 1. The van der Waals surface area contributed by atoms with Gasteiger partial charge in [0.2, 0.25) is 0 Å². The van der Waals surface area contributed by atoms with Crippen LogP contribution >= 0.6 is 0 Å². The SMILES string of the molecule is CCC(CC)c1ccc(/C=C2\CC/C(=C\C3=CC(C)[C@H](N(CC)CC)C=C3C)C2=O)c(C)c1. The van der Waals surface area contributed by atoms with E-state index in [1.165, 1.54) is 40.7 Å². The van der Waals surface area contributed by atoms with Crippen molar-refractivity contribution in [3.63, 3.8) is 0 Å². The Hall–Kier alpha value is -2.19. The van der Waals surface area contributed by atoms with Crippen molar-refractivity contribution in [3.8, 4) is 0 Å². The first-order valence-electron chi connectivity index (χ1n) is 13.0. The van der Waals surface area contributed by atoms with Crippen LogP contribution in [0.25, 0.3) is 6.08 Å². The lowest BCUT2D eigenvalue weighted by molar-refractivity contribution is -0.111. The van der Waals surface area contributed by atoms with Gasteiger partial charge in [0, 0.05) is 17.2 Å². The van der Waals surface area contributed by atoms with Crippen molar-refractivity contribution in [2.75, 3.05) is 13.1 Å². The maximum absolute atomic E-state index is 13.2. The van der Waals surface area contributed by atoms with Gasteiger partial charge in [-0.2, -0.15) is 0 Å². The van der Waals surface area contributed by atoms with Crippen LogP contribution in [-0.2, 0) is 4.79 Å². The molecule has 1 saturated carbocycles. The minimum atomic E-state index is 0.227. The molecule has 0 saturated heterocycles. The summed E-state index contributed by atoms with van der Waals surface area (Å²) >= 11 is 0. The second kappa shape index (κ2) is 11.3. The highest BCUT2D eigenvalue weighted by molar-refractivity contribution is 6.13. The fraction of sp³-hybridized carbons (Fsp3) is 0.516. The van der Waals surface area contributed by atoms with Gasteiger partial charge in [-0.25, -0.2) is 0 Å². The second-order valence-corrected chi connectivity index (χ2v) is 9.84. The number of carbonyl (C=O) groups is 1. The average Bonchev–Trinajstić information content (AvgIpc) is 3.14. The molecule has 2 nitrogen and oxygen atoms in total. The molecule has 1 aromatic rings. The van der Waals surface area contributed by atoms with E-state index >= 15 is 0 Å². The molecule has 2 aliphatic carbocycles. The highest BCUT2D eigenvalue weighted by Crippen LogP contribution is 2.34. The Morgan fingerprint density at radius 3 is 2.18 bits per heavy atom. The van der Waals surface area contributed by atoms with Gasteiger partial charge in [0.1, 0.15) is 0 Å². The number of carbonyl (C=O) groups excluding carboxylic acids is 1. The third-order valence-electron chi connectivity index (χ3n) is 7.75. The van der Waals surface area contributed by atoms with Crippen LogP contribution < -0.4 is 0 Å². The number of hydrogen-bond acceptors (Lipinski definition) is 2. The average molecular weight is 446 g/mol. The normalized spacial score (nSPS) is 23.7. The Labute approximate surface area is 202 Å². The molecule has 2 atom stereocenters. The zero-order chi connectivity index (χ0) is 24.1. The lowest BCUT2D eigenvalue weighted by atomic mass is 9.86. The van der Waals surface area contributed by atoms with Crippen LogP contribution in [0.1, 0.15) is 89.8 Å². The fourth-order valence-corrected chi connectivity index (χ4v) is 5.49. The van der Waals surface area contributed by atoms with Gasteiger partial charge in [-0.05, 0) is 104 Å². The van der Waals surface area contributed by atoms with E-state index in [1.54, 1.807) is 0 Å². The van der Waals surface area contributed by atoms with Gasteiger partial charge in [0.25, 0.3) is 0 Å². The highest BCUT2D eigenvalue weighted by Gasteiger charge is 2.26. The van der Waals surface area contributed by atoms with Crippen molar-refractivity contribution >= 4 is 11.9 Å². The summed E-state index contributed by atoms with van der Waals surface area (Å²) in [7, 11) is 0. The lowest BCUT2D eigenvalue weighted by Gasteiger charge is -2.34. The minimum Gasteiger partial charge on any atom is -0.297 e. The van der Waals surface area contributed by atoms with E-state index in [1.807, 2.05) is 0 Å². The van der Waals surface area contributed by atoms with Gasteiger partial charge in [-0.1, -0.05) is 65.0 Å². The summed E-state index contributed by atoms with van der Waals surface area (Å²) in [5, 5.41) is 0. The van der Waals surface area contributed by atoms with Crippen LogP contribution in [0.2, 0.25) is 0 Å². The van der Waals surface area contributed by atoms with E-state index in [0.29, 0.717) is 17.9 Å². The van der Waals surface area contributed by atoms with Crippen molar-refractivity contribution in [1.82, 2.24) is 4.90 Å². The third kappa shape index (κ3) is 5.66. The number of aryl methyl sites for hydroxylation is 1. The summed E-state index contributed by atoms with van der Waals surface area (Å²) in [4.78, 5) is 15.7. The zero-order valence-electron chi connectivity index (χ0n) is 21.9. The molecular formula is C31H43NO. The van der Waals surface area contributed by atoms with Gasteiger partial charge in [0.05, 0.1) is 0 Å². The molecule has 0 aromatic heterocycles. The molecule has 0 spiro atoms. The molecule has 3 rings (SSSR count). The first kappa shape index (κ1) is 25.4. The molecule has 0 N–H and O–H groups in total. The van der Waals surface area contributed by atoms with E-state index in [2.05, 4.69) is 95.9 Å². The number of Topliss-reactive ketones (excluding diaryl/α,β-unsaturated/α-hetero) is 1. The Balaban J connectivity index is 1.79. The zero-order valence-corrected chi connectivity index (χ0v) is 21.9. The molecule has 0 aliphatic heterocycles. The number of allylic oxidation sites excluding steroid dienone is 5. The molecule has 0 heterocycles. The summed E-state index contributed by atoms with van der Waals surface area (Å²) in [5.74, 6) is 1.30. The summed E-state index contributed by atoms with van der Waals surface area (Å²) in [6.07, 6.45) is 13.1. The van der Waals surface area contributed by atoms with Gasteiger partial charge in [-0.15, -0.1) is 0 Å². The smallest absolute Gasteiger partial charge is 0.185 e. The van der Waals surface area contributed by atoms with Crippen LogP contribution in [-0.4, -0.2) is 29.8 Å². The molecular weight excluding hydrogens is 402 g/mol. The minimum absolute atomic E-state index is 0.227. The summed E-state index contributed by atoms with van der Waals surface area (Å²) < 4.78 is 0. The van der Waals surface area contributed by atoms with Crippen LogP contribution in [0.3, 0.4) is 0 Å². The van der Waals surface area contributed by atoms with E-state index in [9.17, 15) is 4.79 Å². The molecule has 0 amide bonds. The van der Waals surface area contributed by atoms with Gasteiger partial charge < -0.3 is 0 Å². The van der Waals surface area contributed by atoms with Crippen LogP contribution in [0, 0.1) is 12.8 Å². The summed E-state index contributed by atoms with van der Waals surface area (Å²) in [6.45, 7) is 17.7. The van der Waals surface area contributed by atoms with Gasteiger partial charge >= 0.3 is 0 Å². The molecule has 33 heavy (non-hydrogen) atoms. The molecule has 0 radical (unpaired) electrons. The molecule has 1 aromatic carbocycles. The number of rotatable bonds is 8.